The number of benzene rings is 1. The minimum atomic E-state index is 0.251. The first kappa shape index (κ1) is 13.0. The van der Waals surface area contributed by atoms with Gasteiger partial charge in [0.1, 0.15) is 0 Å². The molecule has 2 unspecified atom stereocenters. The smallest absolute Gasteiger partial charge is 0.0616 e. The van der Waals surface area contributed by atoms with E-state index in [0.29, 0.717) is 5.92 Å². The predicted octanol–water partition coefficient (Wildman–Crippen LogP) is 5.50. The summed E-state index contributed by atoms with van der Waals surface area (Å²) >= 11 is 6.63. The summed E-state index contributed by atoms with van der Waals surface area (Å²) in [6.45, 7) is 2.27. The fourth-order valence-corrected chi connectivity index (χ4v) is 3.36. The highest BCUT2D eigenvalue weighted by atomic mass is 35.5. The van der Waals surface area contributed by atoms with Crippen LogP contribution in [0.5, 0.6) is 0 Å². The van der Waals surface area contributed by atoms with Gasteiger partial charge in [-0.15, -0.1) is 11.6 Å². The van der Waals surface area contributed by atoms with Crippen LogP contribution in [-0.4, -0.2) is 0 Å². The van der Waals surface area contributed by atoms with Crippen LogP contribution in [0.25, 0.3) is 0 Å². The lowest BCUT2D eigenvalue weighted by Gasteiger charge is -2.29. The SMILES string of the molecule is CCCCCCC1CCc2ccccc2C1Cl. The molecule has 1 aromatic rings. The molecule has 0 aromatic heterocycles. The molecule has 1 aromatic carbocycles. The van der Waals surface area contributed by atoms with Gasteiger partial charge < -0.3 is 0 Å². The van der Waals surface area contributed by atoms with E-state index < -0.39 is 0 Å². The summed E-state index contributed by atoms with van der Waals surface area (Å²) < 4.78 is 0. The normalized spacial score (nSPS) is 23.4. The summed E-state index contributed by atoms with van der Waals surface area (Å²) in [5.41, 5.74) is 2.86. The van der Waals surface area contributed by atoms with Crippen molar-refractivity contribution in [2.24, 2.45) is 5.92 Å². The Morgan fingerprint density at radius 3 is 2.82 bits per heavy atom. The van der Waals surface area contributed by atoms with Crippen molar-refractivity contribution in [2.75, 3.05) is 0 Å². The first-order valence-corrected chi connectivity index (χ1v) is 7.48. The molecule has 0 heterocycles. The fourth-order valence-electron chi connectivity index (χ4n) is 2.90. The summed E-state index contributed by atoms with van der Waals surface area (Å²) in [5, 5.41) is 0.251. The zero-order valence-corrected chi connectivity index (χ0v) is 11.5. The second-order valence-corrected chi connectivity index (χ2v) is 5.72. The zero-order chi connectivity index (χ0) is 12.1. The molecule has 1 heteroatoms. The van der Waals surface area contributed by atoms with Gasteiger partial charge in [-0.3, -0.25) is 0 Å². The van der Waals surface area contributed by atoms with Crippen molar-refractivity contribution in [3.8, 4) is 0 Å². The Morgan fingerprint density at radius 1 is 1.18 bits per heavy atom. The van der Waals surface area contributed by atoms with E-state index in [1.165, 1.54) is 56.1 Å². The third-order valence-electron chi connectivity index (χ3n) is 3.98. The molecular weight excluding hydrogens is 228 g/mol. The molecule has 0 amide bonds. The third kappa shape index (κ3) is 3.25. The molecule has 94 valence electrons. The molecule has 2 rings (SSSR count). The van der Waals surface area contributed by atoms with Crippen LogP contribution >= 0.6 is 11.6 Å². The monoisotopic (exact) mass is 250 g/mol. The average Bonchev–Trinajstić information content (AvgIpc) is 2.37. The quantitative estimate of drug-likeness (QED) is 0.478. The highest BCUT2D eigenvalue weighted by Gasteiger charge is 2.26. The van der Waals surface area contributed by atoms with E-state index in [9.17, 15) is 0 Å². The van der Waals surface area contributed by atoms with Crippen molar-refractivity contribution >= 4 is 11.6 Å². The molecule has 1 aliphatic carbocycles. The molecule has 0 aliphatic heterocycles. The van der Waals surface area contributed by atoms with Crippen molar-refractivity contribution in [3.63, 3.8) is 0 Å². The van der Waals surface area contributed by atoms with Crippen LogP contribution < -0.4 is 0 Å². The number of rotatable bonds is 5. The number of hydrogen-bond acceptors (Lipinski definition) is 0. The van der Waals surface area contributed by atoms with Crippen LogP contribution in [0, 0.1) is 5.92 Å². The molecule has 0 N–H and O–H groups in total. The van der Waals surface area contributed by atoms with Gasteiger partial charge in [-0.25, -0.2) is 0 Å². The second-order valence-electron chi connectivity index (χ2n) is 5.25. The van der Waals surface area contributed by atoms with Gasteiger partial charge in [0.2, 0.25) is 0 Å². The molecule has 0 fully saturated rings. The minimum absolute atomic E-state index is 0.251. The lowest BCUT2D eigenvalue weighted by molar-refractivity contribution is 0.395. The van der Waals surface area contributed by atoms with E-state index in [-0.39, 0.29) is 5.38 Å². The highest BCUT2D eigenvalue weighted by Crippen LogP contribution is 2.41. The van der Waals surface area contributed by atoms with Crippen LogP contribution in [0.4, 0.5) is 0 Å². The molecule has 1 aliphatic rings. The largest absolute Gasteiger partial charge is 0.118 e. The first-order chi connectivity index (χ1) is 8.33. The fraction of sp³-hybridized carbons (Fsp3) is 0.625. The van der Waals surface area contributed by atoms with Crippen molar-refractivity contribution in [1.29, 1.82) is 0 Å². The number of hydrogen-bond donors (Lipinski definition) is 0. The van der Waals surface area contributed by atoms with Crippen LogP contribution in [0.3, 0.4) is 0 Å². The Morgan fingerprint density at radius 2 is 2.00 bits per heavy atom. The molecule has 0 saturated heterocycles. The summed E-state index contributed by atoms with van der Waals surface area (Å²) in [6, 6.07) is 8.70. The maximum atomic E-state index is 6.63. The van der Waals surface area contributed by atoms with Crippen molar-refractivity contribution in [1.82, 2.24) is 0 Å². The first-order valence-electron chi connectivity index (χ1n) is 7.04. The van der Waals surface area contributed by atoms with Crippen LogP contribution in [0.1, 0.15) is 62.0 Å². The topological polar surface area (TPSA) is 0 Å². The Labute approximate surface area is 110 Å². The Bertz CT molecular complexity index is 345. The van der Waals surface area contributed by atoms with E-state index in [4.69, 9.17) is 11.6 Å². The van der Waals surface area contributed by atoms with Crippen molar-refractivity contribution < 1.29 is 0 Å². The summed E-state index contributed by atoms with van der Waals surface area (Å²) in [5.74, 6) is 0.698. The zero-order valence-electron chi connectivity index (χ0n) is 10.8. The van der Waals surface area contributed by atoms with Gasteiger partial charge >= 0.3 is 0 Å². The predicted molar refractivity (Wildman–Crippen MR) is 75.6 cm³/mol. The number of aryl methyl sites for hydroxylation is 1. The lowest BCUT2D eigenvalue weighted by atomic mass is 9.81. The second kappa shape index (κ2) is 6.44. The molecule has 0 nitrogen and oxygen atoms in total. The number of unbranched alkanes of at least 4 members (excludes halogenated alkanes) is 3. The molecule has 0 saturated carbocycles. The lowest BCUT2D eigenvalue weighted by Crippen LogP contribution is -2.17. The summed E-state index contributed by atoms with van der Waals surface area (Å²) in [7, 11) is 0. The van der Waals surface area contributed by atoms with E-state index in [2.05, 4.69) is 31.2 Å². The van der Waals surface area contributed by atoms with E-state index in [1.54, 1.807) is 0 Å². The van der Waals surface area contributed by atoms with Crippen molar-refractivity contribution in [3.05, 3.63) is 35.4 Å². The standard InChI is InChI=1S/C16H23Cl/c1-2-3-4-5-9-14-12-11-13-8-6-7-10-15(13)16(14)17/h6-8,10,14,16H,2-5,9,11-12H2,1H3. The minimum Gasteiger partial charge on any atom is -0.118 e. The number of alkyl halides is 1. The molecule has 2 atom stereocenters. The van der Waals surface area contributed by atoms with E-state index in [1.807, 2.05) is 0 Å². The third-order valence-corrected chi connectivity index (χ3v) is 4.57. The van der Waals surface area contributed by atoms with Gasteiger partial charge in [0.25, 0.3) is 0 Å². The molecular formula is C16H23Cl. The van der Waals surface area contributed by atoms with Gasteiger partial charge in [0.05, 0.1) is 5.38 Å². The summed E-state index contributed by atoms with van der Waals surface area (Å²) in [6.07, 6.45) is 9.22. The Kier molecular flexibility index (Phi) is 4.91. The van der Waals surface area contributed by atoms with E-state index >= 15 is 0 Å². The van der Waals surface area contributed by atoms with Gasteiger partial charge in [0.15, 0.2) is 0 Å². The molecule has 0 spiro atoms. The van der Waals surface area contributed by atoms with Crippen molar-refractivity contribution in [2.45, 2.75) is 57.2 Å². The molecule has 17 heavy (non-hydrogen) atoms. The molecule has 0 bridgehead atoms. The van der Waals surface area contributed by atoms with Crippen LogP contribution in [0.2, 0.25) is 0 Å². The Balaban J connectivity index is 1.90. The van der Waals surface area contributed by atoms with Gasteiger partial charge in [-0.05, 0) is 36.3 Å². The maximum Gasteiger partial charge on any atom is 0.0616 e. The van der Waals surface area contributed by atoms with Crippen LogP contribution in [-0.2, 0) is 6.42 Å². The van der Waals surface area contributed by atoms with Crippen LogP contribution in [0.15, 0.2) is 24.3 Å². The number of halogens is 1. The summed E-state index contributed by atoms with van der Waals surface area (Å²) in [4.78, 5) is 0. The van der Waals surface area contributed by atoms with E-state index in [0.717, 1.165) is 0 Å². The van der Waals surface area contributed by atoms with Gasteiger partial charge in [-0.1, -0.05) is 56.9 Å². The van der Waals surface area contributed by atoms with Gasteiger partial charge in [0, 0.05) is 0 Å². The molecule has 0 radical (unpaired) electrons. The number of fused-ring (bicyclic) bond motifs is 1. The average molecular weight is 251 g/mol. The highest BCUT2D eigenvalue weighted by molar-refractivity contribution is 6.21. The van der Waals surface area contributed by atoms with Gasteiger partial charge in [-0.2, -0.15) is 0 Å². The Hall–Kier alpha value is -0.490. The maximum absolute atomic E-state index is 6.63.